The number of nitro benzene ring substituents is 2. The maximum atomic E-state index is 11.8. The summed E-state index contributed by atoms with van der Waals surface area (Å²) in [6.07, 6.45) is 0. The van der Waals surface area contributed by atoms with Gasteiger partial charge in [0.1, 0.15) is 0 Å². The molecule has 0 unspecified atom stereocenters. The molecule has 0 aliphatic heterocycles. The number of nitrogens with one attached hydrogen (secondary N) is 1. The largest absolute Gasteiger partial charge is 0.325 e. The highest BCUT2D eigenvalue weighted by Crippen LogP contribution is 2.22. The van der Waals surface area contributed by atoms with E-state index < -0.39 is 9.85 Å². The Balaban J connectivity index is 1.91. The first-order valence-electron chi connectivity index (χ1n) is 6.37. The molecule has 0 saturated heterocycles. The Kier molecular flexibility index (Phi) is 5.26. The summed E-state index contributed by atoms with van der Waals surface area (Å²) in [5.41, 5.74) is 0.217. The zero-order valence-electron chi connectivity index (χ0n) is 11.7. The lowest BCUT2D eigenvalue weighted by Crippen LogP contribution is -2.14. The number of carbonyl (C=O) groups is 1. The van der Waals surface area contributed by atoms with E-state index in [0.717, 1.165) is 0 Å². The van der Waals surface area contributed by atoms with Gasteiger partial charge in [-0.3, -0.25) is 25.0 Å². The van der Waals surface area contributed by atoms with E-state index in [1.807, 2.05) is 0 Å². The van der Waals surface area contributed by atoms with Crippen LogP contribution in [0.5, 0.6) is 0 Å². The van der Waals surface area contributed by atoms with Crippen LogP contribution in [0.25, 0.3) is 0 Å². The first-order chi connectivity index (χ1) is 11.0. The van der Waals surface area contributed by atoms with E-state index in [1.165, 1.54) is 42.1 Å². The summed E-state index contributed by atoms with van der Waals surface area (Å²) in [6.45, 7) is 0. The SMILES string of the molecule is O=C(CSc1ccc([N+](=O)[O-])cc1)Nc1cccc([N+](=O)[O-])c1. The number of amides is 1. The van der Waals surface area contributed by atoms with E-state index in [2.05, 4.69) is 5.32 Å². The zero-order valence-corrected chi connectivity index (χ0v) is 12.5. The van der Waals surface area contributed by atoms with Gasteiger partial charge in [0.05, 0.1) is 15.6 Å². The molecule has 1 N–H and O–H groups in total. The van der Waals surface area contributed by atoms with Crippen LogP contribution in [0.1, 0.15) is 0 Å². The van der Waals surface area contributed by atoms with Gasteiger partial charge in [0.2, 0.25) is 5.91 Å². The second-order valence-electron chi connectivity index (χ2n) is 4.40. The Morgan fingerprint density at radius 2 is 1.65 bits per heavy atom. The zero-order chi connectivity index (χ0) is 16.8. The highest BCUT2D eigenvalue weighted by Gasteiger charge is 2.09. The summed E-state index contributed by atoms with van der Waals surface area (Å²) in [4.78, 5) is 32.7. The molecule has 0 heterocycles. The Labute approximate surface area is 134 Å². The third-order valence-corrected chi connectivity index (χ3v) is 3.77. The average Bonchev–Trinajstić information content (AvgIpc) is 2.53. The van der Waals surface area contributed by atoms with Gasteiger partial charge in [-0.1, -0.05) is 6.07 Å². The summed E-state index contributed by atoms with van der Waals surface area (Å²) >= 11 is 1.21. The standard InChI is InChI=1S/C14H11N3O5S/c18-14(15-10-2-1-3-12(8-10)17(21)22)9-23-13-6-4-11(5-7-13)16(19)20/h1-8H,9H2,(H,15,18). The topological polar surface area (TPSA) is 115 Å². The van der Waals surface area contributed by atoms with Crippen molar-refractivity contribution in [3.63, 3.8) is 0 Å². The lowest BCUT2D eigenvalue weighted by molar-refractivity contribution is -0.385. The Morgan fingerprint density at radius 1 is 1.00 bits per heavy atom. The maximum Gasteiger partial charge on any atom is 0.271 e. The molecule has 2 aromatic carbocycles. The number of hydrogen-bond acceptors (Lipinski definition) is 6. The van der Waals surface area contributed by atoms with E-state index in [0.29, 0.717) is 10.6 Å². The smallest absolute Gasteiger partial charge is 0.271 e. The van der Waals surface area contributed by atoms with Gasteiger partial charge in [0, 0.05) is 34.8 Å². The average molecular weight is 333 g/mol. The highest BCUT2D eigenvalue weighted by atomic mass is 32.2. The molecule has 0 aliphatic carbocycles. The number of nitro groups is 2. The fourth-order valence-corrected chi connectivity index (χ4v) is 2.41. The lowest BCUT2D eigenvalue weighted by atomic mass is 10.3. The van der Waals surface area contributed by atoms with Crippen LogP contribution in [0.2, 0.25) is 0 Å². The molecule has 0 saturated carbocycles. The van der Waals surface area contributed by atoms with Crippen LogP contribution in [0.4, 0.5) is 17.1 Å². The van der Waals surface area contributed by atoms with Crippen LogP contribution in [0, 0.1) is 20.2 Å². The van der Waals surface area contributed by atoms with Crippen molar-refractivity contribution in [1.82, 2.24) is 0 Å². The van der Waals surface area contributed by atoms with Crippen molar-refractivity contribution in [2.24, 2.45) is 0 Å². The van der Waals surface area contributed by atoms with Gasteiger partial charge in [-0.05, 0) is 18.2 Å². The Morgan fingerprint density at radius 3 is 2.26 bits per heavy atom. The first-order valence-corrected chi connectivity index (χ1v) is 7.36. The molecule has 0 bridgehead atoms. The number of hydrogen-bond donors (Lipinski definition) is 1. The third kappa shape index (κ3) is 4.78. The van der Waals surface area contributed by atoms with Crippen molar-refractivity contribution >= 4 is 34.7 Å². The van der Waals surface area contributed by atoms with Crippen LogP contribution in [-0.4, -0.2) is 21.5 Å². The first kappa shape index (κ1) is 16.4. The summed E-state index contributed by atoms with van der Waals surface area (Å²) in [5, 5.41) is 23.8. The number of thioether (sulfide) groups is 1. The van der Waals surface area contributed by atoms with Gasteiger partial charge in [0.25, 0.3) is 11.4 Å². The predicted molar refractivity (Wildman–Crippen MR) is 85.5 cm³/mol. The Bertz CT molecular complexity index is 748. The summed E-state index contributed by atoms with van der Waals surface area (Å²) in [5.74, 6) is -0.241. The molecule has 0 aromatic heterocycles. The fourth-order valence-electron chi connectivity index (χ4n) is 1.71. The number of carbonyl (C=O) groups excluding carboxylic acids is 1. The monoisotopic (exact) mass is 333 g/mol. The third-order valence-electron chi connectivity index (χ3n) is 2.76. The molecule has 0 fully saturated rings. The number of non-ortho nitro benzene ring substituents is 2. The summed E-state index contributed by atoms with van der Waals surface area (Å²) in [6, 6.07) is 11.5. The van der Waals surface area contributed by atoms with Crippen LogP contribution >= 0.6 is 11.8 Å². The van der Waals surface area contributed by atoms with Gasteiger partial charge < -0.3 is 5.32 Å². The maximum absolute atomic E-state index is 11.8. The second-order valence-corrected chi connectivity index (χ2v) is 5.44. The minimum atomic E-state index is -0.540. The number of benzene rings is 2. The quantitative estimate of drug-likeness (QED) is 0.493. The molecule has 2 aromatic rings. The molecule has 118 valence electrons. The molecule has 23 heavy (non-hydrogen) atoms. The fraction of sp³-hybridized carbons (Fsp3) is 0.0714. The van der Waals surface area contributed by atoms with Crippen LogP contribution < -0.4 is 5.32 Å². The van der Waals surface area contributed by atoms with Crippen molar-refractivity contribution in [3.8, 4) is 0 Å². The number of nitrogens with zero attached hydrogens (tertiary/aromatic N) is 2. The lowest BCUT2D eigenvalue weighted by Gasteiger charge is -2.05. The van der Waals surface area contributed by atoms with Gasteiger partial charge >= 0.3 is 0 Å². The molecular formula is C14H11N3O5S. The van der Waals surface area contributed by atoms with Crippen molar-refractivity contribution in [2.45, 2.75) is 4.90 Å². The van der Waals surface area contributed by atoms with Crippen LogP contribution in [-0.2, 0) is 4.79 Å². The molecule has 0 spiro atoms. The van der Waals surface area contributed by atoms with Gasteiger partial charge in [-0.2, -0.15) is 0 Å². The Hall–Kier alpha value is -2.94. The number of rotatable bonds is 6. The molecule has 0 radical (unpaired) electrons. The van der Waals surface area contributed by atoms with E-state index >= 15 is 0 Å². The van der Waals surface area contributed by atoms with E-state index in [4.69, 9.17) is 0 Å². The molecule has 2 rings (SSSR count). The van der Waals surface area contributed by atoms with E-state index in [9.17, 15) is 25.0 Å². The molecule has 0 atom stereocenters. The van der Waals surface area contributed by atoms with Gasteiger partial charge in [-0.15, -0.1) is 11.8 Å². The summed E-state index contributed by atoms with van der Waals surface area (Å²) in [7, 11) is 0. The van der Waals surface area contributed by atoms with Crippen LogP contribution in [0.15, 0.2) is 53.4 Å². The molecule has 8 nitrogen and oxygen atoms in total. The minimum absolute atomic E-state index is 0.0182. The minimum Gasteiger partial charge on any atom is -0.325 e. The number of anilines is 1. The van der Waals surface area contributed by atoms with Crippen molar-refractivity contribution in [3.05, 3.63) is 68.8 Å². The highest BCUT2D eigenvalue weighted by molar-refractivity contribution is 8.00. The van der Waals surface area contributed by atoms with Crippen molar-refractivity contribution in [2.75, 3.05) is 11.1 Å². The van der Waals surface area contributed by atoms with Gasteiger partial charge in [0.15, 0.2) is 0 Å². The molecule has 1 amide bonds. The van der Waals surface area contributed by atoms with E-state index in [1.54, 1.807) is 18.2 Å². The summed E-state index contributed by atoms with van der Waals surface area (Å²) < 4.78 is 0. The predicted octanol–water partition coefficient (Wildman–Crippen LogP) is 3.23. The van der Waals surface area contributed by atoms with Crippen LogP contribution in [0.3, 0.4) is 0 Å². The normalized spacial score (nSPS) is 10.1. The molecular weight excluding hydrogens is 322 g/mol. The molecule has 9 heteroatoms. The second kappa shape index (κ2) is 7.36. The van der Waals surface area contributed by atoms with E-state index in [-0.39, 0.29) is 23.0 Å². The molecule has 0 aliphatic rings. The van der Waals surface area contributed by atoms with Gasteiger partial charge in [-0.25, -0.2) is 0 Å². The van der Waals surface area contributed by atoms with Crippen molar-refractivity contribution in [1.29, 1.82) is 0 Å². The van der Waals surface area contributed by atoms with Crippen molar-refractivity contribution < 1.29 is 14.6 Å².